The highest BCUT2D eigenvalue weighted by molar-refractivity contribution is 5.81. The molecule has 5 N–H and O–H groups in total. The number of carbonyl (C=O) groups is 1. The van der Waals surface area contributed by atoms with Gasteiger partial charge in [-0.05, 0) is 19.3 Å². The van der Waals surface area contributed by atoms with Crippen molar-refractivity contribution in [2.45, 2.75) is 39.3 Å². The van der Waals surface area contributed by atoms with E-state index in [1.165, 1.54) is 0 Å². The fourth-order valence-corrected chi connectivity index (χ4v) is 1.22. The third-order valence-corrected chi connectivity index (χ3v) is 1.80. The molecule has 0 radical (unpaired) electrons. The Morgan fingerprint density at radius 1 is 1.38 bits per heavy atom. The van der Waals surface area contributed by atoms with Gasteiger partial charge in [-0.25, -0.2) is 0 Å². The Hall–Kier alpha value is -0.610. The SMILES string of the molecule is CC(C)C[C@@H](C)NC(=O)[C@@H](N)CN. The second kappa shape index (κ2) is 5.94. The van der Waals surface area contributed by atoms with Crippen LogP contribution in [0.5, 0.6) is 0 Å². The summed E-state index contributed by atoms with van der Waals surface area (Å²) in [6.07, 6.45) is 0.961. The van der Waals surface area contributed by atoms with Crippen molar-refractivity contribution in [3.05, 3.63) is 0 Å². The molecule has 4 heteroatoms. The second-order valence-corrected chi connectivity index (χ2v) is 3.88. The molecule has 0 heterocycles. The molecule has 2 atom stereocenters. The van der Waals surface area contributed by atoms with Crippen LogP contribution in [0.3, 0.4) is 0 Å². The van der Waals surface area contributed by atoms with Crippen molar-refractivity contribution in [2.75, 3.05) is 6.54 Å². The normalized spacial score (nSPS) is 15.5. The molecule has 0 spiro atoms. The van der Waals surface area contributed by atoms with Crippen molar-refractivity contribution in [1.29, 1.82) is 0 Å². The minimum Gasteiger partial charge on any atom is -0.352 e. The summed E-state index contributed by atoms with van der Waals surface area (Å²) in [6.45, 7) is 6.40. The van der Waals surface area contributed by atoms with Crippen LogP contribution < -0.4 is 16.8 Å². The van der Waals surface area contributed by atoms with E-state index in [0.29, 0.717) is 5.92 Å². The summed E-state index contributed by atoms with van der Waals surface area (Å²) >= 11 is 0. The van der Waals surface area contributed by atoms with E-state index in [-0.39, 0.29) is 18.5 Å². The van der Waals surface area contributed by atoms with Gasteiger partial charge in [0.2, 0.25) is 5.91 Å². The highest BCUT2D eigenvalue weighted by atomic mass is 16.2. The number of hydrogen-bond donors (Lipinski definition) is 3. The summed E-state index contributed by atoms with van der Waals surface area (Å²) in [7, 11) is 0. The number of amides is 1. The van der Waals surface area contributed by atoms with Crippen molar-refractivity contribution < 1.29 is 4.79 Å². The van der Waals surface area contributed by atoms with Gasteiger partial charge in [0, 0.05) is 12.6 Å². The smallest absolute Gasteiger partial charge is 0.238 e. The highest BCUT2D eigenvalue weighted by Crippen LogP contribution is 2.03. The van der Waals surface area contributed by atoms with Crippen LogP contribution in [0.15, 0.2) is 0 Å². The van der Waals surface area contributed by atoms with Gasteiger partial charge in [0.05, 0.1) is 6.04 Å². The quantitative estimate of drug-likeness (QED) is 0.558. The first-order valence-corrected chi connectivity index (χ1v) is 4.73. The molecule has 0 saturated heterocycles. The summed E-state index contributed by atoms with van der Waals surface area (Å²) < 4.78 is 0. The number of rotatable bonds is 5. The number of hydrogen-bond acceptors (Lipinski definition) is 3. The minimum absolute atomic E-state index is 0.157. The van der Waals surface area contributed by atoms with E-state index in [4.69, 9.17) is 11.5 Å². The van der Waals surface area contributed by atoms with Crippen LogP contribution in [0.1, 0.15) is 27.2 Å². The molecule has 0 aromatic carbocycles. The maximum absolute atomic E-state index is 11.2. The zero-order valence-corrected chi connectivity index (χ0v) is 8.71. The first-order valence-electron chi connectivity index (χ1n) is 4.73. The average molecular weight is 187 g/mol. The molecule has 0 unspecified atom stereocenters. The molecule has 0 aliphatic heterocycles. The number of nitrogens with one attached hydrogen (secondary N) is 1. The van der Waals surface area contributed by atoms with E-state index in [2.05, 4.69) is 19.2 Å². The lowest BCUT2D eigenvalue weighted by Crippen LogP contribution is -2.48. The Labute approximate surface area is 80.0 Å². The summed E-state index contributed by atoms with van der Waals surface area (Å²) in [6, 6.07) is -0.403. The van der Waals surface area contributed by atoms with Crippen molar-refractivity contribution in [2.24, 2.45) is 17.4 Å². The summed E-state index contributed by atoms with van der Waals surface area (Å²) in [5, 5.41) is 2.82. The minimum atomic E-state index is -0.574. The predicted molar refractivity (Wildman–Crippen MR) is 54.1 cm³/mol. The molecular formula is C9H21N3O. The summed E-state index contributed by atoms with van der Waals surface area (Å²) in [5.41, 5.74) is 10.7. The van der Waals surface area contributed by atoms with Crippen molar-refractivity contribution in [1.82, 2.24) is 5.32 Å². The van der Waals surface area contributed by atoms with E-state index in [9.17, 15) is 4.79 Å². The molecule has 0 bridgehead atoms. The lowest BCUT2D eigenvalue weighted by molar-refractivity contribution is -0.122. The number of carbonyl (C=O) groups excluding carboxylic acids is 1. The molecule has 0 fully saturated rings. The molecule has 0 aromatic rings. The van der Waals surface area contributed by atoms with Crippen LogP contribution >= 0.6 is 0 Å². The fraction of sp³-hybridized carbons (Fsp3) is 0.889. The predicted octanol–water partition coefficient (Wildman–Crippen LogP) is -0.177. The Morgan fingerprint density at radius 3 is 2.31 bits per heavy atom. The molecule has 0 rings (SSSR count). The van der Waals surface area contributed by atoms with Crippen molar-refractivity contribution >= 4 is 5.91 Å². The van der Waals surface area contributed by atoms with Gasteiger partial charge < -0.3 is 16.8 Å². The molecule has 13 heavy (non-hydrogen) atoms. The van der Waals surface area contributed by atoms with E-state index >= 15 is 0 Å². The van der Waals surface area contributed by atoms with Crippen LogP contribution in [-0.2, 0) is 4.79 Å². The second-order valence-electron chi connectivity index (χ2n) is 3.88. The van der Waals surface area contributed by atoms with Gasteiger partial charge in [0.25, 0.3) is 0 Å². The maximum Gasteiger partial charge on any atom is 0.238 e. The van der Waals surface area contributed by atoms with Gasteiger partial charge in [-0.3, -0.25) is 4.79 Å². The van der Waals surface area contributed by atoms with Crippen LogP contribution in [0.25, 0.3) is 0 Å². The van der Waals surface area contributed by atoms with E-state index in [1.807, 2.05) is 6.92 Å². The zero-order chi connectivity index (χ0) is 10.4. The van der Waals surface area contributed by atoms with Gasteiger partial charge in [0.1, 0.15) is 0 Å². The van der Waals surface area contributed by atoms with Gasteiger partial charge in [-0.2, -0.15) is 0 Å². The number of nitrogens with two attached hydrogens (primary N) is 2. The van der Waals surface area contributed by atoms with Crippen LogP contribution in [0.4, 0.5) is 0 Å². The van der Waals surface area contributed by atoms with Crippen molar-refractivity contribution in [3.8, 4) is 0 Å². The van der Waals surface area contributed by atoms with E-state index in [0.717, 1.165) is 6.42 Å². The summed E-state index contributed by atoms with van der Waals surface area (Å²) in [4.78, 5) is 11.2. The average Bonchev–Trinajstić information content (AvgIpc) is 2.01. The molecule has 78 valence electrons. The Bertz CT molecular complexity index is 159. The lowest BCUT2D eigenvalue weighted by atomic mass is 10.1. The van der Waals surface area contributed by atoms with Crippen LogP contribution in [-0.4, -0.2) is 24.5 Å². The van der Waals surface area contributed by atoms with Gasteiger partial charge in [-0.1, -0.05) is 13.8 Å². The van der Waals surface area contributed by atoms with Gasteiger partial charge in [0.15, 0.2) is 0 Å². The molecule has 0 saturated carbocycles. The maximum atomic E-state index is 11.2. The Kier molecular flexibility index (Phi) is 5.66. The Balaban J connectivity index is 3.77. The molecule has 0 aliphatic rings. The first kappa shape index (κ1) is 12.4. The van der Waals surface area contributed by atoms with Gasteiger partial charge >= 0.3 is 0 Å². The lowest BCUT2D eigenvalue weighted by Gasteiger charge is -2.18. The van der Waals surface area contributed by atoms with Crippen LogP contribution in [0, 0.1) is 5.92 Å². The Morgan fingerprint density at radius 2 is 1.92 bits per heavy atom. The van der Waals surface area contributed by atoms with Crippen molar-refractivity contribution in [3.63, 3.8) is 0 Å². The monoisotopic (exact) mass is 187 g/mol. The van der Waals surface area contributed by atoms with Gasteiger partial charge in [-0.15, -0.1) is 0 Å². The molecule has 0 aliphatic carbocycles. The fourth-order valence-electron chi connectivity index (χ4n) is 1.22. The third kappa shape index (κ3) is 5.60. The molecule has 1 amide bonds. The largest absolute Gasteiger partial charge is 0.352 e. The standard InChI is InChI=1S/C9H21N3O/c1-6(2)4-7(3)12-9(13)8(11)5-10/h6-8H,4-5,10-11H2,1-3H3,(H,12,13)/t7-,8+/m1/s1. The zero-order valence-electron chi connectivity index (χ0n) is 8.71. The van der Waals surface area contributed by atoms with E-state index in [1.54, 1.807) is 0 Å². The summed E-state index contributed by atoms with van der Waals surface area (Å²) in [5.74, 6) is 0.417. The molecule has 4 nitrogen and oxygen atoms in total. The highest BCUT2D eigenvalue weighted by Gasteiger charge is 2.14. The van der Waals surface area contributed by atoms with E-state index < -0.39 is 6.04 Å². The topological polar surface area (TPSA) is 81.1 Å². The first-order chi connectivity index (χ1) is 5.97. The third-order valence-electron chi connectivity index (χ3n) is 1.80. The van der Waals surface area contributed by atoms with Crippen LogP contribution in [0.2, 0.25) is 0 Å². The molecule has 0 aromatic heterocycles. The molecular weight excluding hydrogens is 166 g/mol.